The largest absolute Gasteiger partial charge is 0.308 e. The van der Waals surface area contributed by atoms with Crippen molar-refractivity contribution in [3.63, 3.8) is 0 Å². The molecular weight excluding hydrogens is 270 g/mol. The molecule has 0 saturated carbocycles. The Morgan fingerprint density at radius 1 is 1.16 bits per heavy atom. The molecule has 102 valence electrons. The van der Waals surface area contributed by atoms with E-state index in [0.29, 0.717) is 6.04 Å². The summed E-state index contributed by atoms with van der Waals surface area (Å²) in [5.41, 5.74) is 0. The van der Waals surface area contributed by atoms with Crippen molar-refractivity contribution in [1.82, 2.24) is 5.32 Å². The third-order valence-electron chi connectivity index (χ3n) is 2.97. The number of nitrogens with one attached hydrogen (secondary N) is 1. The molecule has 0 bridgehead atoms. The zero-order chi connectivity index (χ0) is 13.3. The van der Waals surface area contributed by atoms with Gasteiger partial charge in [0.2, 0.25) is 0 Å². The van der Waals surface area contributed by atoms with E-state index in [-0.39, 0.29) is 0 Å². The fraction of sp³-hybridized carbons (Fsp3) is 0.375. The van der Waals surface area contributed by atoms with Crippen molar-refractivity contribution < 1.29 is 0 Å². The van der Waals surface area contributed by atoms with Crippen molar-refractivity contribution in [2.45, 2.75) is 30.7 Å². The Balaban J connectivity index is 1.74. The summed E-state index contributed by atoms with van der Waals surface area (Å²) in [4.78, 5) is 2.82. The normalized spacial score (nSPS) is 12.5. The monoisotopic (exact) mass is 291 g/mol. The Kier molecular flexibility index (Phi) is 6.48. The second-order valence-corrected chi connectivity index (χ2v) is 6.62. The number of benzene rings is 1. The van der Waals surface area contributed by atoms with E-state index >= 15 is 0 Å². The van der Waals surface area contributed by atoms with Crippen LogP contribution in [0.2, 0.25) is 0 Å². The first-order chi connectivity index (χ1) is 9.40. The van der Waals surface area contributed by atoms with E-state index in [1.807, 2.05) is 23.1 Å². The summed E-state index contributed by atoms with van der Waals surface area (Å²) in [6, 6.07) is 15.5. The van der Waals surface area contributed by atoms with Gasteiger partial charge >= 0.3 is 0 Å². The summed E-state index contributed by atoms with van der Waals surface area (Å²) >= 11 is 3.77. The van der Waals surface area contributed by atoms with Gasteiger partial charge in [-0.05, 0) is 30.0 Å². The van der Waals surface area contributed by atoms with Crippen molar-refractivity contribution in [2.24, 2.45) is 0 Å². The molecule has 0 aliphatic rings. The van der Waals surface area contributed by atoms with Gasteiger partial charge in [-0.25, -0.2) is 0 Å². The van der Waals surface area contributed by atoms with Crippen LogP contribution in [0.25, 0.3) is 0 Å². The molecule has 1 heterocycles. The van der Waals surface area contributed by atoms with Crippen LogP contribution in [-0.2, 0) is 0 Å². The highest BCUT2D eigenvalue weighted by Gasteiger charge is 2.10. The quantitative estimate of drug-likeness (QED) is 0.544. The van der Waals surface area contributed by atoms with Crippen LogP contribution in [0.3, 0.4) is 0 Å². The lowest BCUT2D eigenvalue weighted by Gasteiger charge is -2.16. The lowest BCUT2D eigenvalue weighted by Crippen LogP contribution is -2.23. The predicted octanol–water partition coefficient (Wildman–Crippen LogP) is 4.97. The maximum Gasteiger partial charge on any atom is 0.0414 e. The smallest absolute Gasteiger partial charge is 0.0414 e. The summed E-state index contributed by atoms with van der Waals surface area (Å²) in [6.45, 7) is 3.31. The topological polar surface area (TPSA) is 12.0 Å². The molecule has 19 heavy (non-hydrogen) atoms. The van der Waals surface area contributed by atoms with Gasteiger partial charge in [-0.3, -0.25) is 0 Å². The minimum absolute atomic E-state index is 0.529. The van der Waals surface area contributed by atoms with E-state index in [4.69, 9.17) is 0 Å². The van der Waals surface area contributed by atoms with Gasteiger partial charge < -0.3 is 5.32 Å². The minimum Gasteiger partial charge on any atom is -0.308 e. The number of hydrogen-bond acceptors (Lipinski definition) is 3. The Labute approximate surface area is 124 Å². The molecule has 0 aliphatic carbocycles. The molecule has 2 rings (SSSR count). The third-order valence-corrected chi connectivity index (χ3v) is 4.97. The average molecular weight is 291 g/mol. The number of thiophene rings is 1. The molecule has 1 aromatic heterocycles. The molecule has 1 aromatic carbocycles. The second-order valence-electron chi connectivity index (χ2n) is 4.47. The highest BCUT2D eigenvalue weighted by atomic mass is 32.2. The molecule has 0 amide bonds. The summed E-state index contributed by atoms with van der Waals surface area (Å²) in [5, 5.41) is 5.85. The van der Waals surface area contributed by atoms with Crippen molar-refractivity contribution in [2.75, 3.05) is 12.3 Å². The second kappa shape index (κ2) is 8.41. The van der Waals surface area contributed by atoms with E-state index in [2.05, 4.69) is 60.1 Å². The first-order valence-electron chi connectivity index (χ1n) is 6.84. The van der Waals surface area contributed by atoms with E-state index in [9.17, 15) is 0 Å². The third kappa shape index (κ3) is 5.01. The van der Waals surface area contributed by atoms with Crippen LogP contribution < -0.4 is 5.32 Å². The highest BCUT2D eigenvalue weighted by Crippen LogP contribution is 2.23. The summed E-state index contributed by atoms with van der Waals surface area (Å²) in [7, 11) is 0. The first-order valence-corrected chi connectivity index (χ1v) is 8.71. The lowest BCUT2D eigenvalue weighted by molar-refractivity contribution is 0.518. The molecule has 1 nitrogen and oxygen atoms in total. The van der Waals surface area contributed by atoms with Gasteiger partial charge in [-0.15, -0.1) is 23.1 Å². The standard InChI is InChI=1S/C16H21NS2/c1-2-7-15(16-10-6-12-19-16)17-11-13-18-14-8-4-3-5-9-14/h3-6,8-10,12,15,17H,2,7,11,13H2,1H3. The Hall–Kier alpha value is -0.770. The maximum atomic E-state index is 3.68. The van der Waals surface area contributed by atoms with Gasteiger partial charge in [0.15, 0.2) is 0 Å². The molecule has 1 atom stereocenters. The van der Waals surface area contributed by atoms with Crippen molar-refractivity contribution in [3.05, 3.63) is 52.7 Å². The fourth-order valence-electron chi connectivity index (χ4n) is 2.04. The van der Waals surface area contributed by atoms with Crippen LogP contribution in [0.4, 0.5) is 0 Å². The van der Waals surface area contributed by atoms with Gasteiger partial charge in [0.25, 0.3) is 0 Å². The van der Waals surface area contributed by atoms with Gasteiger partial charge in [-0.2, -0.15) is 0 Å². The molecule has 3 heteroatoms. The molecule has 0 aliphatic heterocycles. The van der Waals surface area contributed by atoms with E-state index in [1.165, 1.54) is 22.6 Å². The van der Waals surface area contributed by atoms with Crippen LogP contribution in [0.1, 0.15) is 30.7 Å². The molecule has 1 N–H and O–H groups in total. The molecule has 0 fully saturated rings. The molecular formula is C16H21NS2. The predicted molar refractivity (Wildman–Crippen MR) is 87.1 cm³/mol. The van der Waals surface area contributed by atoms with Crippen LogP contribution in [0, 0.1) is 0 Å². The number of rotatable bonds is 8. The average Bonchev–Trinajstić information content (AvgIpc) is 2.97. The van der Waals surface area contributed by atoms with Gasteiger partial charge in [0, 0.05) is 28.1 Å². The zero-order valence-electron chi connectivity index (χ0n) is 11.3. The fourth-order valence-corrected chi connectivity index (χ4v) is 3.68. The molecule has 0 saturated heterocycles. The maximum absolute atomic E-state index is 3.68. The van der Waals surface area contributed by atoms with Gasteiger partial charge in [0.05, 0.1) is 0 Å². The van der Waals surface area contributed by atoms with Crippen LogP contribution in [0.15, 0.2) is 52.7 Å². The number of thioether (sulfide) groups is 1. The Morgan fingerprint density at radius 2 is 2.00 bits per heavy atom. The molecule has 1 unspecified atom stereocenters. The van der Waals surface area contributed by atoms with E-state index in [0.717, 1.165) is 12.3 Å². The van der Waals surface area contributed by atoms with E-state index in [1.54, 1.807) is 0 Å². The van der Waals surface area contributed by atoms with Crippen LogP contribution >= 0.6 is 23.1 Å². The molecule has 0 spiro atoms. The summed E-state index contributed by atoms with van der Waals surface area (Å²) < 4.78 is 0. The highest BCUT2D eigenvalue weighted by molar-refractivity contribution is 7.99. The minimum atomic E-state index is 0.529. The van der Waals surface area contributed by atoms with Crippen molar-refractivity contribution in [1.29, 1.82) is 0 Å². The first kappa shape index (κ1) is 14.6. The van der Waals surface area contributed by atoms with Gasteiger partial charge in [0.1, 0.15) is 0 Å². The summed E-state index contributed by atoms with van der Waals surface area (Å²) in [6.07, 6.45) is 2.44. The van der Waals surface area contributed by atoms with Crippen molar-refractivity contribution >= 4 is 23.1 Å². The van der Waals surface area contributed by atoms with E-state index < -0.39 is 0 Å². The molecule has 0 radical (unpaired) electrons. The Morgan fingerprint density at radius 3 is 2.68 bits per heavy atom. The zero-order valence-corrected chi connectivity index (χ0v) is 13.0. The SMILES string of the molecule is CCCC(NCCSc1ccccc1)c1cccs1. The van der Waals surface area contributed by atoms with Gasteiger partial charge in [-0.1, -0.05) is 37.6 Å². The lowest BCUT2D eigenvalue weighted by atomic mass is 10.1. The molecule has 2 aromatic rings. The van der Waals surface area contributed by atoms with Crippen LogP contribution in [-0.4, -0.2) is 12.3 Å². The Bertz CT molecular complexity index is 439. The number of hydrogen-bond donors (Lipinski definition) is 1. The summed E-state index contributed by atoms with van der Waals surface area (Å²) in [5.74, 6) is 1.12. The van der Waals surface area contributed by atoms with Crippen molar-refractivity contribution in [3.8, 4) is 0 Å². The van der Waals surface area contributed by atoms with Crippen LogP contribution in [0.5, 0.6) is 0 Å².